The van der Waals surface area contributed by atoms with Crippen molar-refractivity contribution in [1.82, 2.24) is 5.32 Å². The summed E-state index contributed by atoms with van der Waals surface area (Å²) in [6, 6.07) is 10.0. The summed E-state index contributed by atoms with van der Waals surface area (Å²) in [6.07, 6.45) is 3.46. The lowest BCUT2D eigenvalue weighted by Gasteiger charge is -2.33. The average molecular weight is 202 g/mol. The van der Waals surface area contributed by atoms with Gasteiger partial charge in [-0.2, -0.15) is 4.99 Å². The molecule has 15 heavy (non-hydrogen) atoms. The van der Waals surface area contributed by atoms with Crippen LogP contribution in [0.3, 0.4) is 0 Å². The molecule has 1 aliphatic rings. The van der Waals surface area contributed by atoms with Gasteiger partial charge in [0.2, 0.25) is 6.08 Å². The molecule has 1 heterocycles. The molecule has 0 aromatic heterocycles. The Morgan fingerprint density at radius 2 is 1.87 bits per heavy atom. The molecule has 1 saturated heterocycles. The van der Waals surface area contributed by atoms with Gasteiger partial charge < -0.3 is 5.32 Å². The predicted molar refractivity (Wildman–Crippen MR) is 58.3 cm³/mol. The van der Waals surface area contributed by atoms with Crippen LogP contribution in [0.25, 0.3) is 0 Å². The fraction of sp³-hybridized carbons (Fsp3) is 0.417. The van der Waals surface area contributed by atoms with Gasteiger partial charge in [-0.25, -0.2) is 4.79 Å². The summed E-state index contributed by atoms with van der Waals surface area (Å²) < 4.78 is 0. The van der Waals surface area contributed by atoms with Gasteiger partial charge in [-0.3, -0.25) is 0 Å². The van der Waals surface area contributed by atoms with E-state index in [0.29, 0.717) is 0 Å². The van der Waals surface area contributed by atoms with Gasteiger partial charge in [-0.1, -0.05) is 30.3 Å². The highest BCUT2D eigenvalue weighted by Gasteiger charge is 2.33. The number of hydrogen-bond acceptors (Lipinski definition) is 3. The van der Waals surface area contributed by atoms with Gasteiger partial charge in [0.1, 0.15) is 5.54 Å². The molecule has 0 saturated carbocycles. The monoisotopic (exact) mass is 202 g/mol. The summed E-state index contributed by atoms with van der Waals surface area (Å²) in [6.45, 7) is 1.81. The fourth-order valence-electron chi connectivity index (χ4n) is 2.14. The molecule has 3 heteroatoms. The number of hydrogen-bond donors (Lipinski definition) is 1. The van der Waals surface area contributed by atoms with Crippen LogP contribution >= 0.6 is 0 Å². The molecule has 0 bridgehead atoms. The Hall–Kier alpha value is -1.44. The summed E-state index contributed by atoms with van der Waals surface area (Å²) in [5.41, 5.74) is 0.781. The van der Waals surface area contributed by atoms with Gasteiger partial charge >= 0.3 is 0 Å². The highest BCUT2D eigenvalue weighted by atomic mass is 16.1. The Morgan fingerprint density at radius 3 is 2.47 bits per heavy atom. The maximum atomic E-state index is 10.5. The molecule has 1 aromatic rings. The molecular weight excluding hydrogens is 188 g/mol. The second-order valence-corrected chi connectivity index (χ2v) is 3.85. The molecule has 0 atom stereocenters. The van der Waals surface area contributed by atoms with Crippen molar-refractivity contribution in [1.29, 1.82) is 0 Å². The van der Waals surface area contributed by atoms with Crippen molar-refractivity contribution < 1.29 is 4.79 Å². The lowest BCUT2D eigenvalue weighted by Crippen LogP contribution is -2.38. The van der Waals surface area contributed by atoms with Crippen molar-refractivity contribution in [3.63, 3.8) is 0 Å². The molecular formula is C12H14N2O. The maximum Gasteiger partial charge on any atom is 0.235 e. The Balaban J connectivity index is 2.37. The molecule has 1 aliphatic heterocycles. The van der Waals surface area contributed by atoms with E-state index in [0.717, 1.165) is 31.5 Å². The van der Waals surface area contributed by atoms with Crippen LogP contribution in [0, 0.1) is 0 Å². The molecule has 1 aromatic carbocycles. The van der Waals surface area contributed by atoms with Crippen LogP contribution in [0.1, 0.15) is 18.4 Å². The first-order valence-electron chi connectivity index (χ1n) is 5.23. The van der Waals surface area contributed by atoms with Crippen LogP contribution < -0.4 is 5.32 Å². The largest absolute Gasteiger partial charge is 0.317 e. The van der Waals surface area contributed by atoms with E-state index < -0.39 is 0 Å². The standard InChI is InChI=1S/C12H14N2O/c15-10-14-12(6-8-13-9-7-12)11-4-2-1-3-5-11/h1-5,13H,6-9H2. The second-order valence-electron chi connectivity index (χ2n) is 3.85. The molecule has 0 radical (unpaired) electrons. The maximum absolute atomic E-state index is 10.5. The third-order valence-electron chi connectivity index (χ3n) is 3.00. The van der Waals surface area contributed by atoms with Crippen molar-refractivity contribution in [3.8, 4) is 0 Å². The first-order chi connectivity index (χ1) is 7.37. The summed E-state index contributed by atoms with van der Waals surface area (Å²) in [5.74, 6) is 0. The van der Waals surface area contributed by atoms with Gasteiger partial charge in [0.25, 0.3) is 0 Å². The smallest absolute Gasteiger partial charge is 0.235 e. The first-order valence-corrected chi connectivity index (χ1v) is 5.23. The Bertz CT molecular complexity index is 362. The van der Waals surface area contributed by atoms with Crippen LogP contribution in [0.2, 0.25) is 0 Å². The van der Waals surface area contributed by atoms with Crippen molar-refractivity contribution in [2.24, 2.45) is 4.99 Å². The molecule has 1 N–H and O–H groups in total. The summed E-state index contributed by atoms with van der Waals surface area (Å²) in [4.78, 5) is 14.6. The SMILES string of the molecule is O=C=NC1(c2ccccc2)CCNCC1. The van der Waals surface area contributed by atoms with Crippen LogP contribution in [0.5, 0.6) is 0 Å². The van der Waals surface area contributed by atoms with Crippen LogP contribution in [-0.4, -0.2) is 19.2 Å². The quantitative estimate of drug-likeness (QED) is 0.584. The number of nitrogens with zero attached hydrogens (tertiary/aromatic N) is 1. The first kappa shape index (κ1) is 10.1. The van der Waals surface area contributed by atoms with E-state index in [-0.39, 0.29) is 5.54 Å². The summed E-state index contributed by atoms with van der Waals surface area (Å²) >= 11 is 0. The van der Waals surface area contributed by atoms with E-state index >= 15 is 0 Å². The Morgan fingerprint density at radius 1 is 1.20 bits per heavy atom. The highest BCUT2D eigenvalue weighted by Crippen LogP contribution is 2.34. The minimum absolute atomic E-state index is 0.339. The molecule has 2 rings (SSSR count). The van der Waals surface area contributed by atoms with E-state index in [2.05, 4.69) is 10.3 Å². The van der Waals surface area contributed by atoms with Crippen molar-refractivity contribution >= 4 is 6.08 Å². The topological polar surface area (TPSA) is 41.5 Å². The molecule has 0 spiro atoms. The van der Waals surface area contributed by atoms with Gasteiger partial charge in [-0.05, 0) is 31.5 Å². The summed E-state index contributed by atoms with van der Waals surface area (Å²) in [7, 11) is 0. The average Bonchev–Trinajstić information content (AvgIpc) is 2.32. The van der Waals surface area contributed by atoms with Gasteiger partial charge in [-0.15, -0.1) is 0 Å². The third kappa shape index (κ3) is 1.99. The summed E-state index contributed by atoms with van der Waals surface area (Å²) in [5, 5.41) is 3.28. The van der Waals surface area contributed by atoms with E-state index in [9.17, 15) is 4.79 Å². The lowest BCUT2D eigenvalue weighted by molar-refractivity contribution is 0.319. The zero-order valence-corrected chi connectivity index (χ0v) is 8.57. The Kier molecular flexibility index (Phi) is 2.95. The minimum Gasteiger partial charge on any atom is -0.317 e. The van der Waals surface area contributed by atoms with E-state index in [1.165, 1.54) is 0 Å². The van der Waals surface area contributed by atoms with Crippen LogP contribution in [0.15, 0.2) is 35.3 Å². The highest BCUT2D eigenvalue weighted by molar-refractivity contribution is 5.38. The normalized spacial score (nSPS) is 19.2. The van der Waals surface area contributed by atoms with E-state index in [4.69, 9.17) is 0 Å². The number of nitrogens with one attached hydrogen (secondary N) is 1. The van der Waals surface area contributed by atoms with Gasteiger partial charge in [0.05, 0.1) is 0 Å². The number of benzene rings is 1. The van der Waals surface area contributed by atoms with E-state index in [1.54, 1.807) is 6.08 Å². The number of isocyanates is 1. The van der Waals surface area contributed by atoms with Crippen molar-refractivity contribution in [2.75, 3.05) is 13.1 Å². The van der Waals surface area contributed by atoms with Crippen molar-refractivity contribution in [3.05, 3.63) is 35.9 Å². The van der Waals surface area contributed by atoms with Gasteiger partial charge in [0.15, 0.2) is 0 Å². The predicted octanol–water partition coefficient (Wildman–Crippen LogP) is 1.60. The Labute approximate surface area is 89.2 Å². The van der Waals surface area contributed by atoms with E-state index in [1.807, 2.05) is 30.3 Å². The number of carbonyl (C=O) groups excluding carboxylic acids is 1. The molecule has 78 valence electrons. The molecule has 0 unspecified atom stereocenters. The molecule has 1 fully saturated rings. The fourth-order valence-corrected chi connectivity index (χ4v) is 2.14. The second kappa shape index (κ2) is 4.39. The molecule has 3 nitrogen and oxygen atoms in total. The number of aliphatic imine (C=N–C) groups is 1. The van der Waals surface area contributed by atoms with Crippen LogP contribution in [-0.2, 0) is 10.3 Å². The molecule has 0 aliphatic carbocycles. The lowest BCUT2D eigenvalue weighted by atomic mass is 9.82. The molecule has 0 amide bonds. The van der Waals surface area contributed by atoms with Gasteiger partial charge in [0, 0.05) is 0 Å². The third-order valence-corrected chi connectivity index (χ3v) is 3.00. The number of piperidine rings is 1. The number of rotatable bonds is 2. The zero-order valence-electron chi connectivity index (χ0n) is 8.57. The zero-order chi connectivity index (χ0) is 10.6. The van der Waals surface area contributed by atoms with Crippen molar-refractivity contribution in [2.45, 2.75) is 18.4 Å². The van der Waals surface area contributed by atoms with Crippen LogP contribution in [0.4, 0.5) is 0 Å². The minimum atomic E-state index is -0.339.